The molecule has 0 bridgehead atoms. The van der Waals surface area contributed by atoms with Crippen molar-refractivity contribution >= 4 is 39.1 Å². The van der Waals surface area contributed by atoms with Crippen LogP contribution in [0.2, 0.25) is 0 Å². The van der Waals surface area contributed by atoms with Crippen molar-refractivity contribution in [3.63, 3.8) is 0 Å². The van der Waals surface area contributed by atoms with Gasteiger partial charge < -0.3 is 15.0 Å². The number of carbonyl (C=O) groups is 2. The zero-order chi connectivity index (χ0) is 17.8. The highest BCUT2D eigenvalue weighted by atomic mass is 79.9. The molecule has 25 heavy (non-hydrogen) atoms. The lowest BCUT2D eigenvalue weighted by atomic mass is 10.2. The summed E-state index contributed by atoms with van der Waals surface area (Å²) in [5.41, 5.74) is 1.58. The lowest BCUT2D eigenvalue weighted by Crippen LogP contribution is -2.30. The van der Waals surface area contributed by atoms with E-state index in [-0.39, 0.29) is 11.8 Å². The highest BCUT2D eigenvalue weighted by Crippen LogP contribution is 2.24. The first-order valence-electron chi connectivity index (χ1n) is 8.16. The fraction of sp³-hybridized carbons (Fsp3) is 0.263. The molecule has 2 aromatic carbocycles. The lowest BCUT2D eigenvalue weighted by molar-refractivity contribution is -0.122. The number of nitrogens with one attached hydrogen (secondary N) is 1. The third-order valence-corrected chi connectivity index (χ3v) is 4.54. The van der Waals surface area contributed by atoms with Crippen molar-refractivity contribution in [1.29, 1.82) is 0 Å². The summed E-state index contributed by atoms with van der Waals surface area (Å²) < 4.78 is 6.64. The fourth-order valence-corrected chi connectivity index (χ4v) is 2.92. The first-order valence-corrected chi connectivity index (χ1v) is 8.96. The van der Waals surface area contributed by atoms with Gasteiger partial charge in [-0.05, 0) is 61.9 Å². The first kappa shape index (κ1) is 17.5. The van der Waals surface area contributed by atoms with Crippen molar-refractivity contribution in [1.82, 2.24) is 0 Å². The van der Waals surface area contributed by atoms with Gasteiger partial charge in [0.05, 0.1) is 0 Å². The number of halogens is 1. The van der Waals surface area contributed by atoms with Crippen LogP contribution in [0.1, 0.15) is 19.8 Å². The Bertz CT molecular complexity index is 759. The molecule has 0 saturated carbocycles. The number of rotatable bonds is 5. The molecule has 130 valence electrons. The molecule has 2 amide bonds. The van der Waals surface area contributed by atoms with Gasteiger partial charge in [-0.1, -0.05) is 15.9 Å². The van der Waals surface area contributed by atoms with Crippen LogP contribution >= 0.6 is 15.9 Å². The predicted molar refractivity (Wildman–Crippen MR) is 101 cm³/mol. The number of amides is 2. The number of ether oxygens (including phenoxy) is 1. The van der Waals surface area contributed by atoms with Crippen LogP contribution in [-0.4, -0.2) is 24.5 Å². The number of nitrogens with zero attached hydrogens (tertiary/aromatic N) is 1. The summed E-state index contributed by atoms with van der Waals surface area (Å²) in [6.45, 7) is 2.46. The number of carbonyl (C=O) groups excluding carboxylic acids is 2. The van der Waals surface area contributed by atoms with E-state index in [1.807, 2.05) is 36.4 Å². The van der Waals surface area contributed by atoms with E-state index in [0.29, 0.717) is 17.9 Å². The van der Waals surface area contributed by atoms with Crippen LogP contribution in [0, 0.1) is 0 Å². The summed E-state index contributed by atoms with van der Waals surface area (Å²) in [6, 6.07) is 14.6. The molecule has 6 heteroatoms. The van der Waals surface area contributed by atoms with Gasteiger partial charge >= 0.3 is 0 Å². The molecule has 0 spiro atoms. The average molecular weight is 403 g/mol. The first-order chi connectivity index (χ1) is 12.0. The van der Waals surface area contributed by atoms with Gasteiger partial charge in [0.25, 0.3) is 5.91 Å². The maximum Gasteiger partial charge on any atom is 0.265 e. The summed E-state index contributed by atoms with van der Waals surface area (Å²) in [7, 11) is 0. The Morgan fingerprint density at radius 3 is 2.44 bits per heavy atom. The maximum atomic E-state index is 12.2. The Kier molecular flexibility index (Phi) is 5.38. The van der Waals surface area contributed by atoms with E-state index in [4.69, 9.17) is 4.74 Å². The second-order valence-corrected chi connectivity index (χ2v) is 6.81. The zero-order valence-electron chi connectivity index (χ0n) is 13.9. The number of hydrogen-bond acceptors (Lipinski definition) is 3. The van der Waals surface area contributed by atoms with Crippen molar-refractivity contribution in [2.45, 2.75) is 25.9 Å². The van der Waals surface area contributed by atoms with Gasteiger partial charge in [0.2, 0.25) is 5.91 Å². The van der Waals surface area contributed by atoms with Gasteiger partial charge in [0, 0.05) is 28.8 Å². The quantitative estimate of drug-likeness (QED) is 0.822. The van der Waals surface area contributed by atoms with Crippen LogP contribution in [0.25, 0.3) is 0 Å². The van der Waals surface area contributed by atoms with Crippen LogP contribution in [0.4, 0.5) is 11.4 Å². The number of benzene rings is 2. The Morgan fingerprint density at radius 1 is 1.16 bits per heavy atom. The van der Waals surface area contributed by atoms with Crippen LogP contribution in [0.3, 0.4) is 0 Å². The SMILES string of the molecule is C[C@@H](Oc1ccc(N2CCCC2=O)cc1)C(=O)Nc1ccc(Br)cc1. The minimum absolute atomic E-state index is 0.149. The summed E-state index contributed by atoms with van der Waals surface area (Å²) in [5, 5.41) is 2.81. The van der Waals surface area contributed by atoms with Gasteiger partial charge in [-0.3, -0.25) is 9.59 Å². The van der Waals surface area contributed by atoms with Crippen molar-refractivity contribution in [3.8, 4) is 5.75 Å². The molecule has 1 aliphatic rings. The molecule has 0 unspecified atom stereocenters. The average Bonchev–Trinajstić information content (AvgIpc) is 3.03. The van der Waals surface area contributed by atoms with Crippen LogP contribution in [0.5, 0.6) is 5.75 Å². The van der Waals surface area contributed by atoms with Crippen molar-refractivity contribution in [2.75, 3.05) is 16.8 Å². The summed E-state index contributed by atoms with van der Waals surface area (Å²) in [5.74, 6) is 0.519. The van der Waals surface area contributed by atoms with E-state index in [1.54, 1.807) is 24.0 Å². The number of anilines is 2. The maximum absolute atomic E-state index is 12.2. The van der Waals surface area contributed by atoms with E-state index in [1.165, 1.54) is 0 Å². The molecule has 0 aromatic heterocycles. The highest BCUT2D eigenvalue weighted by molar-refractivity contribution is 9.10. The Hall–Kier alpha value is -2.34. The molecule has 1 atom stereocenters. The molecule has 2 aromatic rings. The third kappa shape index (κ3) is 4.39. The molecular formula is C19H19BrN2O3. The molecule has 0 aliphatic carbocycles. The van der Waals surface area contributed by atoms with Crippen LogP contribution in [0.15, 0.2) is 53.0 Å². The molecular weight excluding hydrogens is 384 g/mol. The van der Waals surface area contributed by atoms with E-state index in [0.717, 1.165) is 23.1 Å². The zero-order valence-corrected chi connectivity index (χ0v) is 15.5. The standard InChI is InChI=1S/C19H19BrN2O3/c1-13(19(24)21-15-6-4-14(20)5-7-15)25-17-10-8-16(9-11-17)22-12-2-3-18(22)23/h4-11,13H,2-3,12H2,1H3,(H,21,24)/t13-/m1/s1. The predicted octanol–water partition coefficient (Wildman–Crippen LogP) is 3.98. The molecule has 0 radical (unpaired) electrons. The highest BCUT2D eigenvalue weighted by Gasteiger charge is 2.21. The smallest absolute Gasteiger partial charge is 0.265 e. The summed E-state index contributed by atoms with van der Waals surface area (Å²) >= 11 is 3.36. The Balaban J connectivity index is 1.58. The van der Waals surface area contributed by atoms with Crippen LogP contribution < -0.4 is 15.0 Å². The topological polar surface area (TPSA) is 58.6 Å². The monoisotopic (exact) mass is 402 g/mol. The van der Waals surface area contributed by atoms with E-state index in [9.17, 15) is 9.59 Å². The van der Waals surface area contributed by atoms with E-state index >= 15 is 0 Å². The minimum Gasteiger partial charge on any atom is -0.481 e. The van der Waals surface area contributed by atoms with Crippen LogP contribution in [-0.2, 0) is 9.59 Å². The van der Waals surface area contributed by atoms with Crippen molar-refractivity contribution < 1.29 is 14.3 Å². The van der Waals surface area contributed by atoms with Gasteiger partial charge in [-0.15, -0.1) is 0 Å². The molecule has 1 aliphatic heterocycles. The second kappa shape index (κ2) is 7.70. The second-order valence-electron chi connectivity index (χ2n) is 5.90. The van der Waals surface area contributed by atoms with Gasteiger partial charge in [0.1, 0.15) is 5.75 Å². The number of hydrogen-bond donors (Lipinski definition) is 1. The summed E-state index contributed by atoms with van der Waals surface area (Å²) in [6.07, 6.45) is 0.860. The van der Waals surface area contributed by atoms with Crippen molar-refractivity contribution in [3.05, 3.63) is 53.0 Å². The third-order valence-electron chi connectivity index (χ3n) is 4.02. The van der Waals surface area contributed by atoms with Gasteiger partial charge in [0.15, 0.2) is 6.10 Å². The fourth-order valence-electron chi connectivity index (χ4n) is 2.66. The minimum atomic E-state index is -0.636. The van der Waals surface area contributed by atoms with Gasteiger partial charge in [-0.25, -0.2) is 0 Å². The Morgan fingerprint density at radius 2 is 1.84 bits per heavy atom. The normalized spacial score (nSPS) is 15.1. The summed E-state index contributed by atoms with van der Waals surface area (Å²) in [4.78, 5) is 25.8. The molecule has 1 fully saturated rings. The molecule has 5 nitrogen and oxygen atoms in total. The molecule has 1 heterocycles. The van der Waals surface area contributed by atoms with E-state index in [2.05, 4.69) is 21.2 Å². The molecule has 3 rings (SSSR count). The molecule has 1 saturated heterocycles. The molecule has 1 N–H and O–H groups in total. The lowest BCUT2D eigenvalue weighted by Gasteiger charge is -2.18. The van der Waals surface area contributed by atoms with Crippen molar-refractivity contribution in [2.24, 2.45) is 0 Å². The Labute approximate surface area is 155 Å². The van der Waals surface area contributed by atoms with Gasteiger partial charge in [-0.2, -0.15) is 0 Å². The largest absolute Gasteiger partial charge is 0.481 e. The van der Waals surface area contributed by atoms with E-state index < -0.39 is 6.10 Å².